The zero-order chi connectivity index (χ0) is 18.4. The van der Waals surface area contributed by atoms with Crippen LogP contribution in [0.1, 0.15) is 5.56 Å². The molecule has 8 nitrogen and oxygen atoms in total. The van der Waals surface area contributed by atoms with E-state index in [1.165, 1.54) is 6.07 Å². The van der Waals surface area contributed by atoms with Crippen molar-refractivity contribution < 1.29 is 13.5 Å². The largest absolute Gasteiger partial charge is 0.382 e. The normalized spacial score (nSPS) is 16.2. The van der Waals surface area contributed by atoms with Crippen LogP contribution in [0.5, 0.6) is 0 Å². The molecule has 2 aromatic carbocycles. The van der Waals surface area contributed by atoms with Gasteiger partial charge in [-0.3, -0.25) is 0 Å². The Hall–Kier alpha value is -2.62. The van der Waals surface area contributed by atoms with E-state index in [4.69, 9.17) is 0 Å². The van der Waals surface area contributed by atoms with Crippen molar-refractivity contribution in [2.24, 2.45) is 0 Å². The third kappa shape index (κ3) is 2.79. The lowest BCUT2D eigenvalue weighted by Crippen LogP contribution is -2.56. The second kappa shape index (κ2) is 5.97. The lowest BCUT2D eigenvalue weighted by molar-refractivity contribution is -0.0146. The van der Waals surface area contributed by atoms with Crippen LogP contribution < -0.4 is 5.32 Å². The average Bonchev–Trinajstić information content (AvgIpc) is 3.13. The minimum absolute atomic E-state index is 0.141. The van der Waals surface area contributed by atoms with E-state index in [-0.39, 0.29) is 10.7 Å². The van der Waals surface area contributed by atoms with Crippen molar-refractivity contribution in [2.45, 2.75) is 10.5 Å². The number of sulfone groups is 1. The van der Waals surface area contributed by atoms with Gasteiger partial charge in [0, 0.05) is 24.9 Å². The minimum atomic E-state index is -3.49. The second-order valence-electron chi connectivity index (χ2n) is 6.40. The van der Waals surface area contributed by atoms with Crippen molar-refractivity contribution >= 4 is 9.84 Å². The third-order valence-electron chi connectivity index (χ3n) is 4.56. The number of hydrogen-bond donors (Lipinski definition) is 3. The molecule has 1 aliphatic rings. The Kier molecular flexibility index (Phi) is 3.87. The van der Waals surface area contributed by atoms with Gasteiger partial charge in [-0.2, -0.15) is 5.21 Å². The van der Waals surface area contributed by atoms with Crippen LogP contribution in [0.2, 0.25) is 0 Å². The van der Waals surface area contributed by atoms with Gasteiger partial charge in [-0.15, -0.1) is 10.2 Å². The fourth-order valence-electron chi connectivity index (χ4n) is 3.10. The summed E-state index contributed by atoms with van der Waals surface area (Å²) in [5.74, 6) is 0.215. The Morgan fingerprint density at radius 1 is 1.12 bits per heavy atom. The molecule has 2 heterocycles. The monoisotopic (exact) mass is 371 g/mol. The number of hydrogen-bond acceptors (Lipinski definition) is 7. The topological polar surface area (TPSA) is 121 Å². The van der Waals surface area contributed by atoms with Gasteiger partial charge in [0.1, 0.15) is 5.60 Å². The van der Waals surface area contributed by atoms with Crippen LogP contribution in [0, 0.1) is 0 Å². The molecule has 26 heavy (non-hydrogen) atoms. The number of aliphatic hydroxyl groups is 1. The van der Waals surface area contributed by atoms with Gasteiger partial charge in [-0.1, -0.05) is 36.4 Å². The number of nitrogens with zero attached hydrogens (tertiary/aromatic N) is 3. The molecule has 0 radical (unpaired) electrons. The number of aromatic nitrogens is 4. The Morgan fingerprint density at radius 2 is 1.85 bits per heavy atom. The van der Waals surface area contributed by atoms with E-state index in [1.807, 2.05) is 30.3 Å². The van der Waals surface area contributed by atoms with Gasteiger partial charge in [-0.25, -0.2) is 8.42 Å². The smallest absolute Gasteiger partial charge is 0.206 e. The van der Waals surface area contributed by atoms with Gasteiger partial charge in [0.2, 0.25) is 5.82 Å². The van der Waals surface area contributed by atoms with Crippen LogP contribution in [-0.2, 0) is 15.4 Å². The molecule has 0 spiro atoms. The molecule has 134 valence electrons. The SMILES string of the molecule is CS(=O)(=O)c1cccc(-c2ccc(C3(O)CNC3)cc2)c1-c1nn[nH]n1. The molecule has 0 bridgehead atoms. The highest BCUT2D eigenvalue weighted by atomic mass is 32.2. The van der Waals surface area contributed by atoms with Crippen molar-refractivity contribution in [3.8, 4) is 22.5 Å². The minimum Gasteiger partial charge on any atom is -0.382 e. The number of tetrazole rings is 1. The molecule has 0 atom stereocenters. The number of rotatable bonds is 4. The van der Waals surface area contributed by atoms with Crippen LogP contribution in [0.25, 0.3) is 22.5 Å². The molecule has 1 fully saturated rings. The predicted molar refractivity (Wildman–Crippen MR) is 94.9 cm³/mol. The predicted octanol–water partition coefficient (Wildman–Crippen LogP) is 0.728. The van der Waals surface area contributed by atoms with Gasteiger partial charge in [-0.05, 0) is 28.0 Å². The Labute approximate surface area is 150 Å². The lowest BCUT2D eigenvalue weighted by Gasteiger charge is -2.38. The van der Waals surface area contributed by atoms with Gasteiger partial charge in [0.15, 0.2) is 9.84 Å². The fraction of sp³-hybridized carbons (Fsp3) is 0.235. The molecule has 0 unspecified atom stereocenters. The molecule has 9 heteroatoms. The van der Waals surface area contributed by atoms with E-state index in [9.17, 15) is 13.5 Å². The molecular formula is C17H17N5O3S. The van der Waals surface area contributed by atoms with Gasteiger partial charge in [0.25, 0.3) is 0 Å². The molecule has 4 rings (SSSR count). The molecule has 1 saturated heterocycles. The van der Waals surface area contributed by atoms with E-state index in [2.05, 4.69) is 25.9 Å². The molecule has 1 aliphatic heterocycles. The summed E-state index contributed by atoms with van der Waals surface area (Å²) in [5.41, 5.74) is 1.86. The summed E-state index contributed by atoms with van der Waals surface area (Å²) in [7, 11) is -3.49. The summed E-state index contributed by atoms with van der Waals surface area (Å²) in [6.07, 6.45) is 1.15. The highest BCUT2D eigenvalue weighted by molar-refractivity contribution is 7.90. The standard InChI is InChI=1S/C17H17N5O3S/c1-26(24,25)14-4-2-3-13(15(14)16-19-21-22-20-16)11-5-7-12(8-6-11)17(23)9-18-10-17/h2-8,18,23H,9-10H2,1H3,(H,19,20,21,22). The third-order valence-corrected chi connectivity index (χ3v) is 5.70. The van der Waals surface area contributed by atoms with Crippen LogP contribution >= 0.6 is 0 Å². The highest BCUT2D eigenvalue weighted by Gasteiger charge is 2.36. The summed E-state index contributed by atoms with van der Waals surface area (Å²) < 4.78 is 24.5. The van der Waals surface area contributed by atoms with Crippen molar-refractivity contribution in [1.82, 2.24) is 25.9 Å². The zero-order valence-corrected chi connectivity index (χ0v) is 14.8. The summed E-state index contributed by atoms with van der Waals surface area (Å²) in [6, 6.07) is 12.4. The molecular weight excluding hydrogens is 354 g/mol. The number of H-pyrrole nitrogens is 1. The first kappa shape index (κ1) is 16.8. The first-order valence-corrected chi connectivity index (χ1v) is 9.88. The van der Waals surface area contributed by atoms with E-state index >= 15 is 0 Å². The van der Waals surface area contributed by atoms with E-state index in [1.54, 1.807) is 6.07 Å². The maximum absolute atomic E-state index is 12.2. The molecule has 0 amide bonds. The van der Waals surface area contributed by atoms with Crippen LogP contribution in [0.15, 0.2) is 47.4 Å². The van der Waals surface area contributed by atoms with Crippen molar-refractivity contribution in [3.63, 3.8) is 0 Å². The molecule has 1 aromatic heterocycles. The summed E-state index contributed by atoms with van der Waals surface area (Å²) in [4.78, 5) is 0.141. The zero-order valence-electron chi connectivity index (χ0n) is 14.0. The lowest BCUT2D eigenvalue weighted by atomic mass is 9.87. The Bertz CT molecular complexity index is 1040. The second-order valence-corrected chi connectivity index (χ2v) is 8.38. The van der Waals surface area contributed by atoms with Gasteiger partial charge in [0.05, 0.1) is 4.90 Å². The van der Waals surface area contributed by atoms with Gasteiger partial charge < -0.3 is 10.4 Å². The van der Waals surface area contributed by atoms with Crippen LogP contribution in [0.4, 0.5) is 0 Å². The quantitative estimate of drug-likeness (QED) is 0.618. The number of nitrogens with one attached hydrogen (secondary N) is 2. The summed E-state index contributed by atoms with van der Waals surface area (Å²) in [5, 5.41) is 27.3. The van der Waals surface area contributed by atoms with E-state index < -0.39 is 15.4 Å². The number of aromatic amines is 1. The van der Waals surface area contributed by atoms with Crippen LogP contribution in [0.3, 0.4) is 0 Å². The maximum atomic E-state index is 12.2. The molecule has 0 aliphatic carbocycles. The Balaban J connectivity index is 1.87. The van der Waals surface area contributed by atoms with Crippen molar-refractivity contribution in [2.75, 3.05) is 19.3 Å². The first-order valence-electron chi connectivity index (χ1n) is 7.99. The number of β-amino-alcohol motifs (C(OH)–C–C–N with tert-alkyl or cyclic N) is 1. The summed E-state index contributed by atoms with van der Waals surface area (Å²) >= 11 is 0. The number of benzene rings is 2. The maximum Gasteiger partial charge on any atom is 0.206 e. The van der Waals surface area contributed by atoms with Crippen molar-refractivity contribution in [3.05, 3.63) is 48.0 Å². The fourth-order valence-corrected chi connectivity index (χ4v) is 4.00. The van der Waals surface area contributed by atoms with Crippen LogP contribution in [-0.4, -0.2) is 53.5 Å². The molecule has 3 N–H and O–H groups in total. The molecule has 0 saturated carbocycles. The Morgan fingerprint density at radius 3 is 2.38 bits per heavy atom. The van der Waals surface area contributed by atoms with Crippen molar-refractivity contribution in [1.29, 1.82) is 0 Å². The average molecular weight is 371 g/mol. The van der Waals surface area contributed by atoms with E-state index in [0.29, 0.717) is 24.2 Å². The van der Waals surface area contributed by atoms with E-state index in [0.717, 1.165) is 17.4 Å². The molecule has 3 aromatic rings. The van der Waals surface area contributed by atoms with Gasteiger partial charge >= 0.3 is 0 Å². The summed E-state index contributed by atoms with van der Waals surface area (Å²) in [6.45, 7) is 1.04. The first-order chi connectivity index (χ1) is 12.4. The highest BCUT2D eigenvalue weighted by Crippen LogP contribution is 2.36.